The van der Waals surface area contributed by atoms with E-state index in [1.54, 1.807) is 35.6 Å². The van der Waals surface area contributed by atoms with Crippen molar-refractivity contribution in [3.05, 3.63) is 34.6 Å². The molecule has 1 fully saturated rings. The third kappa shape index (κ3) is 3.27. The molecule has 0 atom stereocenters. The van der Waals surface area contributed by atoms with Crippen molar-refractivity contribution in [3.8, 4) is 10.6 Å². The van der Waals surface area contributed by atoms with Gasteiger partial charge in [-0.05, 0) is 25.0 Å². The predicted molar refractivity (Wildman–Crippen MR) is 85.9 cm³/mol. The standard InChI is InChI=1S/C16H19N3O2S/c1-19-16(17-13-5-3-2-4-6-13)22-14(18-19)11-7-9-12(10-8-11)15(20)21/h7-10,13H,2-6H2,1H3,(H,20,21). The molecule has 1 aliphatic rings. The third-order valence-electron chi connectivity index (χ3n) is 3.95. The van der Waals surface area contributed by atoms with Gasteiger partial charge in [0.15, 0.2) is 0 Å². The first kappa shape index (κ1) is 15.0. The molecule has 6 heteroatoms. The number of benzene rings is 1. The van der Waals surface area contributed by atoms with E-state index < -0.39 is 5.97 Å². The van der Waals surface area contributed by atoms with Crippen LogP contribution in [0.1, 0.15) is 42.5 Å². The van der Waals surface area contributed by atoms with Crippen molar-refractivity contribution < 1.29 is 9.90 Å². The molecule has 116 valence electrons. The highest BCUT2D eigenvalue weighted by Crippen LogP contribution is 2.22. The van der Waals surface area contributed by atoms with E-state index in [2.05, 4.69) is 5.10 Å². The van der Waals surface area contributed by atoms with Crippen LogP contribution in [-0.2, 0) is 7.05 Å². The molecule has 0 spiro atoms. The predicted octanol–water partition coefficient (Wildman–Crippen LogP) is 3.08. The number of aryl methyl sites for hydroxylation is 1. The monoisotopic (exact) mass is 317 g/mol. The summed E-state index contributed by atoms with van der Waals surface area (Å²) in [5, 5.41) is 14.3. The highest BCUT2D eigenvalue weighted by Gasteiger charge is 2.13. The Morgan fingerprint density at radius 1 is 1.27 bits per heavy atom. The molecule has 2 aromatic rings. The van der Waals surface area contributed by atoms with Crippen molar-refractivity contribution in [1.82, 2.24) is 9.78 Å². The summed E-state index contributed by atoms with van der Waals surface area (Å²) in [5.74, 6) is -0.913. The summed E-state index contributed by atoms with van der Waals surface area (Å²) in [4.78, 5) is 16.7. The molecule has 1 N–H and O–H groups in total. The average Bonchev–Trinajstić information content (AvgIpc) is 2.89. The summed E-state index contributed by atoms with van der Waals surface area (Å²) in [6, 6.07) is 7.23. The maximum atomic E-state index is 10.9. The summed E-state index contributed by atoms with van der Waals surface area (Å²) < 4.78 is 1.82. The zero-order valence-corrected chi connectivity index (χ0v) is 13.3. The summed E-state index contributed by atoms with van der Waals surface area (Å²) in [7, 11) is 1.91. The number of carbonyl (C=O) groups is 1. The lowest BCUT2D eigenvalue weighted by Crippen LogP contribution is -2.18. The van der Waals surface area contributed by atoms with Crippen LogP contribution >= 0.6 is 11.3 Å². The summed E-state index contributed by atoms with van der Waals surface area (Å²) >= 11 is 1.56. The fraction of sp³-hybridized carbons (Fsp3) is 0.438. The summed E-state index contributed by atoms with van der Waals surface area (Å²) in [6.45, 7) is 0. The van der Waals surface area contributed by atoms with Gasteiger partial charge in [-0.15, -0.1) is 0 Å². The largest absolute Gasteiger partial charge is 0.478 e. The van der Waals surface area contributed by atoms with E-state index in [9.17, 15) is 4.79 Å². The van der Waals surface area contributed by atoms with Gasteiger partial charge in [-0.25, -0.2) is 9.48 Å². The Labute approximate surface area is 133 Å². The van der Waals surface area contributed by atoms with Gasteiger partial charge in [0.05, 0.1) is 11.6 Å². The average molecular weight is 317 g/mol. The second-order valence-corrected chi connectivity index (χ2v) is 6.57. The van der Waals surface area contributed by atoms with Gasteiger partial charge in [0, 0.05) is 12.6 Å². The number of carboxylic acids is 1. The van der Waals surface area contributed by atoms with E-state index in [1.165, 1.54) is 32.1 Å². The van der Waals surface area contributed by atoms with Crippen molar-refractivity contribution in [2.75, 3.05) is 0 Å². The molecule has 0 bridgehead atoms. The molecular weight excluding hydrogens is 298 g/mol. The number of carboxylic acid groups (broad SMARTS) is 1. The molecule has 0 saturated heterocycles. The maximum absolute atomic E-state index is 10.9. The second kappa shape index (κ2) is 6.44. The topological polar surface area (TPSA) is 67.5 Å². The molecule has 1 heterocycles. The number of aromatic nitrogens is 2. The Kier molecular flexibility index (Phi) is 4.38. The van der Waals surface area contributed by atoms with Crippen LogP contribution in [0, 0.1) is 0 Å². The Morgan fingerprint density at radius 2 is 1.95 bits per heavy atom. The molecule has 3 rings (SSSR count). The molecule has 1 aliphatic carbocycles. The van der Waals surface area contributed by atoms with Crippen LogP contribution in [0.4, 0.5) is 0 Å². The SMILES string of the molecule is Cn1nc(-c2ccc(C(=O)O)cc2)sc1=NC1CCCCC1. The summed E-state index contributed by atoms with van der Waals surface area (Å²) in [6.07, 6.45) is 6.18. The number of hydrogen-bond acceptors (Lipinski definition) is 4. The van der Waals surface area contributed by atoms with Crippen LogP contribution in [0.2, 0.25) is 0 Å². The fourth-order valence-electron chi connectivity index (χ4n) is 2.70. The highest BCUT2D eigenvalue weighted by molar-refractivity contribution is 7.12. The number of nitrogens with zero attached hydrogens (tertiary/aromatic N) is 3. The molecular formula is C16H19N3O2S. The van der Waals surface area contributed by atoms with Crippen LogP contribution in [-0.4, -0.2) is 26.9 Å². The summed E-state index contributed by atoms with van der Waals surface area (Å²) in [5.41, 5.74) is 1.22. The Balaban J connectivity index is 1.88. The van der Waals surface area contributed by atoms with Crippen LogP contribution < -0.4 is 4.80 Å². The van der Waals surface area contributed by atoms with Gasteiger partial charge in [-0.2, -0.15) is 5.10 Å². The maximum Gasteiger partial charge on any atom is 0.335 e. The first-order valence-electron chi connectivity index (χ1n) is 7.55. The lowest BCUT2D eigenvalue weighted by molar-refractivity contribution is 0.0697. The molecule has 1 aromatic heterocycles. The fourth-order valence-corrected chi connectivity index (χ4v) is 3.67. The van der Waals surface area contributed by atoms with E-state index in [-0.39, 0.29) is 5.56 Å². The molecule has 0 amide bonds. The van der Waals surface area contributed by atoms with Crippen molar-refractivity contribution in [2.45, 2.75) is 38.1 Å². The van der Waals surface area contributed by atoms with Crippen molar-refractivity contribution >= 4 is 17.3 Å². The van der Waals surface area contributed by atoms with Gasteiger partial charge < -0.3 is 5.11 Å². The van der Waals surface area contributed by atoms with Crippen LogP contribution in [0.25, 0.3) is 10.6 Å². The first-order valence-corrected chi connectivity index (χ1v) is 8.37. The van der Waals surface area contributed by atoms with E-state index >= 15 is 0 Å². The smallest absolute Gasteiger partial charge is 0.335 e. The van der Waals surface area contributed by atoms with E-state index in [0.717, 1.165) is 15.4 Å². The van der Waals surface area contributed by atoms with E-state index in [1.807, 2.05) is 11.7 Å². The van der Waals surface area contributed by atoms with Crippen molar-refractivity contribution in [2.24, 2.45) is 12.0 Å². The van der Waals surface area contributed by atoms with Crippen LogP contribution in [0.3, 0.4) is 0 Å². The molecule has 1 saturated carbocycles. The lowest BCUT2D eigenvalue weighted by atomic mass is 9.96. The zero-order chi connectivity index (χ0) is 15.5. The number of hydrogen-bond donors (Lipinski definition) is 1. The minimum absolute atomic E-state index is 0.289. The minimum Gasteiger partial charge on any atom is -0.478 e. The van der Waals surface area contributed by atoms with Gasteiger partial charge in [-0.1, -0.05) is 42.7 Å². The Hall–Kier alpha value is -1.95. The quantitative estimate of drug-likeness (QED) is 0.946. The molecule has 0 unspecified atom stereocenters. The first-order chi connectivity index (χ1) is 10.6. The lowest BCUT2D eigenvalue weighted by Gasteiger charge is -2.16. The van der Waals surface area contributed by atoms with Gasteiger partial charge in [-0.3, -0.25) is 4.99 Å². The molecule has 22 heavy (non-hydrogen) atoms. The third-order valence-corrected chi connectivity index (χ3v) is 5.02. The van der Waals surface area contributed by atoms with E-state index in [0.29, 0.717) is 6.04 Å². The zero-order valence-electron chi connectivity index (χ0n) is 12.5. The minimum atomic E-state index is -0.913. The number of aromatic carboxylic acids is 1. The van der Waals surface area contributed by atoms with Gasteiger partial charge in [0.1, 0.15) is 5.01 Å². The Morgan fingerprint density at radius 3 is 2.59 bits per heavy atom. The van der Waals surface area contributed by atoms with Gasteiger partial charge in [0.2, 0.25) is 4.80 Å². The Bertz CT molecular complexity index is 725. The van der Waals surface area contributed by atoms with Crippen molar-refractivity contribution in [1.29, 1.82) is 0 Å². The van der Waals surface area contributed by atoms with Crippen molar-refractivity contribution in [3.63, 3.8) is 0 Å². The molecule has 1 aromatic carbocycles. The van der Waals surface area contributed by atoms with Gasteiger partial charge in [0.25, 0.3) is 0 Å². The highest BCUT2D eigenvalue weighted by atomic mass is 32.1. The molecule has 0 radical (unpaired) electrons. The van der Waals surface area contributed by atoms with Gasteiger partial charge >= 0.3 is 5.97 Å². The molecule has 0 aliphatic heterocycles. The molecule has 5 nitrogen and oxygen atoms in total. The second-order valence-electron chi connectivity index (χ2n) is 5.62. The van der Waals surface area contributed by atoms with Crippen LogP contribution in [0.5, 0.6) is 0 Å². The normalized spacial score (nSPS) is 16.9. The number of rotatable bonds is 3. The van der Waals surface area contributed by atoms with Crippen LogP contribution in [0.15, 0.2) is 29.3 Å². The van der Waals surface area contributed by atoms with E-state index in [4.69, 9.17) is 10.1 Å².